The summed E-state index contributed by atoms with van der Waals surface area (Å²) in [5.74, 6) is 2.49. The number of hydrogen-bond acceptors (Lipinski definition) is 4. The van der Waals surface area contributed by atoms with Crippen LogP contribution >= 0.6 is 35.6 Å². The third-order valence-corrected chi connectivity index (χ3v) is 3.91. The second kappa shape index (κ2) is 8.81. The summed E-state index contributed by atoms with van der Waals surface area (Å²) in [5, 5.41) is 7.11. The van der Waals surface area contributed by atoms with Crippen LogP contribution in [0, 0.1) is 0 Å². The highest BCUT2D eigenvalue weighted by Crippen LogP contribution is 2.09. The van der Waals surface area contributed by atoms with Crippen molar-refractivity contribution >= 4 is 46.5 Å². The molecular formula is C14H15ClN4S2. The van der Waals surface area contributed by atoms with Gasteiger partial charge in [-0.15, -0.1) is 0 Å². The molecule has 0 fully saturated rings. The van der Waals surface area contributed by atoms with Crippen LogP contribution in [0.1, 0.15) is 5.69 Å². The Hall–Kier alpha value is -1.37. The van der Waals surface area contributed by atoms with Gasteiger partial charge in [-0.1, -0.05) is 23.7 Å². The van der Waals surface area contributed by atoms with Gasteiger partial charge in [0, 0.05) is 24.2 Å². The van der Waals surface area contributed by atoms with E-state index in [0.29, 0.717) is 16.1 Å². The third kappa shape index (κ3) is 6.29. The van der Waals surface area contributed by atoms with Gasteiger partial charge in [0.05, 0.1) is 5.69 Å². The van der Waals surface area contributed by atoms with Gasteiger partial charge in [0.25, 0.3) is 0 Å². The maximum absolute atomic E-state index is 5.81. The lowest BCUT2D eigenvalue weighted by atomic mass is 10.4. The number of aromatic nitrogens is 2. The number of halogens is 1. The second-order valence-electron chi connectivity index (χ2n) is 4.10. The molecule has 0 unspecified atom stereocenters. The Morgan fingerprint density at radius 2 is 2.14 bits per heavy atom. The minimum Gasteiger partial charge on any atom is -0.362 e. The standard InChI is InChI=1S/C14H15ClN4S2/c15-12-5-3-6-13(18-12)19-14(20)17-8-9-21-10-11-4-1-2-7-16-11/h1-7H,8-10H2,(H2,17,18,19,20). The maximum atomic E-state index is 5.81. The number of pyridine rings is 2. The highest BCUT2D eigenvalue weighted by atomic mass is 35.5. The third-order valence-electron chi connectivity index (χ3n) is 2.46. The van der Waals surface area contributed by atoms with Crippen LogP contribution in [-0.2, 0) is 5.75 Å². The van der Waals surface area contributed by atoms with Crippen LogP contribution in [0.3, 0.4) is 0 Å². The van der Waals surface area contributed by atoms with Crippen molar-refractivity contribution < 1.29 is 0 Å². The molecule has 0 aliphatic carbocycles. The van der Waals surface area contributed by atoms with Crippen LogP contribution in [-0.4, -0.2) is 27.4 Å². The van der Waals surface area contributed by atoms with E-state index < -0.39 is 0 Å². The fourth-order valence-corrected chi connectivity index (χ4v) is 2.68. The van der Waals surface area contributed by atoms with Crippen LogP contribution in [0.5, 0.6) is 0 Å². The molecule has 0 aromatic carbocycles. The molecule has 2 heterocycles. The quantitative estimate of drug-likeness (QED) is 0.478. The van der Waals surface area contributed by atoms with Crippen molar-refractivity contribution in [3.63, 3.8) is 0 Å². The SMILES string of the molecule is S=C(NCCSCc1ccccn1)Nc1cccc(Cl)n1. The number of nitrogens with one attached hydrogen (secondary N) is 2. The van der Waals surface area contributed by atoms with Crippen molar-refractivity contribution in [2.45, 2.75) is 5.75 Å². The predicted octanol–water partition coefficient (Wildman–Crippen LogP) is 3.35. The van der Waals surface area contributed by atoms with Gasteiger partial charge < -0.3 is 10.6 Å². The van der Waals surface area contributed by atoms with Crippen LogP contribution < -0.4 is 10.6 Å². The summed E-state index contributed by atoms with van der Waals surface area (Å²) in [7, 11) is 0. The Labute approximate surface area is 138 Å². The summed E-state index contributed by atoms with van der Waals surface area (Å²) in [6.45, 7) is 0.782. The highest BCUT2D eigenvalue weighted by Gasteiger charge is 1.99. The van der Waals surface area contributed by atoms with E-state index in [0.717, 1.165) is 23.7 Å². The van der Waals surface area contributed by atoms with E-state index in [2.05, 4.69) is 20.6 Å². The Kier molecular flexibility index (Phi) is 6.72. The predicted molar refractivity (Wildman–Crippen MR) is 93.9 cm³/mol. The van der Waals surface area contributed by atoms with Gasteiger partial charge in [-0.3, -0.25) is 4.98 Å². The van der Waals surface area contributed by atoms with Gasteiger partial charge in [0.1, 0.15) is 11.0 Å². The fraction of sp³-hybridized carbons (Fsp3) is 0.214. The number of hydrogen-bond donors (Lipinski definition) is 2. The Bertz CT molecular complexity index is 580. The summed E-state index contributed by atoms with van der Waals surface area (Å²) in [6, 6.07) is 11.3. The largest absolute Gasteiger partial charge is 0.362 e. The first-order valence-corrected chi connectivity index (χ1v) is 8.33. The van der Waals surface area contributed by atoms with Crippen molar-refractivity contribution in [3.05, 3.63) is 53.4 Å². The van der Waals surface area contributed by atoms with Crippen molar-refractivity contribution in [1.82, 2.24) is 15.3 Å². The van der Waals surface area contributed by atoms with Crippen LogP contribution in [0.2, 0.25) is 5.15 Å². The molecule has 0 amide bonds. The van der Waals surface area contributed by atoms with E-state index in [9.17, 15) is 0 Å². The molecule has 2 aromatic rings. The van der Waals surface area contributed by atoms with E-state index in [-0.39, 0.29) is 0 Å². The first-order valence-electron chi connectivity index (χ1n) is 6.39. The molecule has 0 saturated heterocycles. The number of thiocarbonyl (C=S) groups is 1. The van der Waals surface area contributed by atoms with Gasteiger partial charge in [0.2, 0.25) is 0 Å². The van der Waals surface area contributed by atoms with Crippen LogP contribution in [0.15, 0.2) is 42.6 Å². The average molecular weight is 339 g/mol. The van der Waals surface area contributed by atoms with Gasteiger partial charge in [-0.05, 0) is 36.5 Å². The smallest absolute Gasteiger partial charge is 0.171 e. The van der Waals surface area contributed by atoms with Gasteiger partial charge >= 0.3 is 0 Å². The van der Waals surface area contributed by atoms with Crippen LogP contribution in [0.4, 0.5) is 5.82 Å². The Balaban J connectivity index is 1.61. The van der Waals surface area contributed by atoms with E-state index >= 15 is 0 Å². The number of nitrogens with zero attached hydrogens (tertiary/aromatic N) is 2. The fourth-order valence-electron chi connectivity index (χ4n) is 1.54. The van der Waals surface area contributed by atoms with Gasteiger partial charge in [0.15, 0.2) is 5.11 Å². The molecule has 0 radical (unpaired) electrons. The lowest BCUT2D eigenvalue weighted by Gasteiger charge is -2.09. The van der Waals surface area contributed by atoms with Crippen LogP contribution in [0.25, 0.3) is 0 Å². The molecule has 0 spiro atoms. The summed E-state index contributed by atoms with van der Waals surface area (Å²) in [6.07, 6.45) is 1.81. The topological polar surface area (TPSA) is 49.8 Å². The zero-order valence-corrected chi connectivity index (χ0v) is 13.6. The minimum atomic E-state index is 0.439. The molecular weight excluding hydrogens is 324 g/mol. The molecule has 0 aliphatic heterocycles. The number of anilines is 1. The van der Waals surface area contributed by atoms with Crippen molar-refractivity contribution in [3.8, 4) is 0 Å². The lowest BCUT2D eigenvalue weighted by molar-refractivity contribution is 0.987. The highest BCUT2D eigenvalue weighted by molar-refractivity contribution is 7.98. The molecule has 0 bridgehead atoms. The molecule has 0 saturated carbocycles. The molecule has 7 heteroatoms. The van der Waals surface area contributed by atoms with Crippen molar-refractivity contribution in [2.75, 3.05) is 17.6 Å². The lowest BCUT2D eigenvalue weighted by Crippen LogP contribution is -2.30. The minimum absolute atomic E-state index is 0.439. The molecule has 2 aromatic heterocycles. The molecule has 21 heavy (non-hydrogen) atoms. The molecule has 4 nitrogen and oxygen atoms in total. The molecule has 0 aliphatic rings. The van der Waals surface area contributed by atoms with E-state index in [1.807, 2.05) is 48.3 Å². The molecule has 0 atom stereocenters. The maximum Gasteiger partial charge on any atom is 0.171 e. The Morgan fingerprint density at radius 1 is 1.24 bits per heavy atom. The Morgan fingerprint density at radius 3 is 2.90 bits per heavy atom. The van der Waals surface area contributed by atoms with E-state index in [1.54, 1.807) is 6.07 Å². The zero-order valence-electron chi connectivity index (χ0n) is 11.3. The first kappa shape index (κ1) is 16.0. The second-order valence-corrected chi connectivity index (χ2v) is 6.00. The van der Waals surface area contributed by atoms with E-state index in [4.69, 9.17) is 23.8 Å². The van der Waals surface area contributed by atoms with Crippen molar-refractivity contribution in [2.24, 2.45) is 0 Å². The van der Waals surface area contributed by atoms with E-state index in [1.165, 1.54) is 0 Å². The first-order chi connectivity index (χ1) is 10.2. The summed E-state index contributed by atoms with van der Waals surface area (Å²) >= 11 is 12.8. The van der Waals surface area contributed by atoms with Gasteiger partial charge in [-0.2, -0.15) is 11.8 Å². The molecule has 2 N–H and O–H groups in total. The summed E-state index contributed by atoms with van der Waals surface area (Å²) in [5.41, 5.74) is 1.09. The van der Waals surface area contributed by atoms with Gasteiger partial charge in [-0.25, -0.2) is 4.98 Å². The normalized spacial score (nSPS) is 10.1. The summed E-state index contributed by atoms with van der Waals surface area (Å²) in [4.78, 5) is 8.39. The monoisotopic (exact) mass is 338 g/mol. The molecule has 110 valence electrons. The summed E-state index contributed by atoms with van der Waals surface area (Å²) < 4.78 is 0. The molecule has 2 rings (SSSR count). The zero-order chi connectivity index (χ0) is 14.9. The number of thioether (sulfide) groups is 1. The number of rotatable bonds is 6. The van der Waals surface area contributed by atoms with Crippen molar-refractivity contribution in [1.29, 1.82) is 0 Å². The average Bonchev–Trinajstić information content (AvgIpc) is 2.48.